The predicted octanol–water partition coefficient (Wildman–Crippen LogP) is 5.24. The van der Waals surface area contributed by atoms with Gasteiger partial charge in [-0.2, -0.15) is 0 Å². The first-order valence-electron chi connectivity index (χ1n) is 13.6. The third-order valence-electron chi connectivity index (χ3n) is 6.55. The molecule has 0 atom stereocenters. The van der Waals surface area contributed by atoms with Gasteiger partial charge in [0.15, 0.2) is 5.75 Å². The summed E-state index contributed by atoms with van der Waals surface area (Å²) in [6.07, 6.45) is 2.22. The minimum absolute atomic E-state index is 0.131. The van der Waals surface area contributed by atoms with E-state index in [1.165, 1.54) is 9.13 Å². The van der Waals surface area contributed by atoms with E-state index in [2.05, 4.69) is 4.72 Å². The summed E-state index contributed by atoms with van der Waals surface area (Å²) in [6.45, 7) is 5.48. The quantitative estimate of drug-likeness (QED) is 0.202. The molecule has 0 aliphatic rings. The van der Waals surface area contributed by atoms with Crippen LogP contribution < -0.4 is 24.6 Å². The lowest BCUT2D eigenvalue weighted by Crippen LogP contribution is -2.19. The van der Waals surface area contributed by atoms with Gasteiger partial charge in [0.05, 0.1) is 34.8 Å². The zero-order valence-corrected chi connectivity index (χ0v) is 24.9. The van der Waals surface area contributed by atoms with Crippen LogP contribution in [0.25, 0.3) is 11.0 Å². The molecule has 220 valence electrons. The van der Waals surface area contributed by atoms with Crippen molar-refractivity contribution in [3.63, 3.8) is 0 Å². The van der Waals surface area contributed by atoms with E-state index >= 15 is 0 Å². The zero-order chi connectivity index (χ0) is 29.6. The van der Waals surface area contributed by atoms with Gasteiger partial charge in [0, 0.05) is 58.5 Å². The van der Waals surface area contributed by atoms with Crippen LogP contribution in [0, 0.1) is 0 Å². The molecule has 11 heteroatoms. The fraction of sp³-hybridized carbons (Fsp3) is 0.367. The van der Waals surface area contributed by atoms with E-state index in [4.69, 9.17) is 18.9 Å². The number of sulfonamides is 1. The second kappa shape index (κ2) is 13.1. The summed E-state index contributed by atoms with van der Waals surface area (Å²) >= 11 is 0. The van der Waals surface area contributed by atoms with Crippen LogP contribution in [-0.4, -0.2) is 44.5 Å². The van der Waals surface area contributed by atoms with Crippen molar-refractivity contribution in [1.29, 1.82) is 0 Å². The van der Waals surface area contributed by atoms with Crippen molar-refractivity contribution in [2.75, 3.05) is 31.7 Å². The monoisotopic (exact) mass is 583 g/mol. The zero-order valence-electron chi connectivity index (χ0n) is 24.1. The van der Waals surface area contributed by atoms with E-state index < -0.39 is 10.0 Å². The van der Waals surface area contributed by atoms with Crippen molar-refractivity contribution in [1.82, 2.24) is 9.13 Å². The van der Waals surface area contributed by atoms with Crippen LogP contribution in [0.1, 0.15) is 32.3 Å². The van der Waals surface area contributed by atoms with Gasteiger partial charge in [0.2, 0.25) is 0 Å². The van der Waals surface area contributed by atoms with Gasteiger partial charge in [0.1, 0.15) is 17.2 Å². The average molecular weight is 584 g/mol. The molecule has 41 heavy (non-hydrogen) atoms. The topological polar surface area (TPSA) is 110 Å². The normalized spacial score (nSPS) is 11.5. The number of benzene rings is 3. The van der Waals surface area contributed by atoms with E-state index in [1.807, 2.05) is 19.9 Å². The summed E-state index contributed by atoms with van der Waals surface area (Å²) in [6, 6.07) is 15.2. The molecule has 0 aliphatic heterocycles. The van der Waals surface area contributed by atoms with Crippen LogP contribution in [0.5, 0.6) is 23.0 Å². The summed E-state index contributed by atoms with van der Waals surface area (Å²) in [4.78, 5) is 12.8. The Morgan fingerprint density at radius 2 is 1.49 bits per heavy atom. The summed E-state index contributed by atoms with van der Waals surface area (Å²) in [5.74, 6) is 1.69. The van der Waals surface area contributed by atoms with Crippen LogP contribution >= 0.6 is 0 Å². The number of ether oxygens (including phenoxy) is 4. The molecule has 0 aliphatic carbocycles. The highest BCUT2D eigenvalue weighted by Crippen LogP contribution is 2.38. The maximum absolute atomic E-state index is 13.5. The third kappa shape index (κ3) is 7.04. The number of hydrogen-bond acceptors (Lipinski definition) is 7. The highest BCUT2D eigenvalue weighted by molar-refractivity contribution is 7.92. The molecular weight excluding hydrogens is 546 g/mol. The molecule has 0 saturated carbocycles. The van der Waals surface area contributed by atoms with Crippen LogP contribution in [0.3, 0.4) is 0 Å². The minimum Gasteiger partial charge on any atom is -0.493 e. The number of nitrogens with one attached hydrogen (secondary N) is 1. The highest BCUT2D eigenvalue weighted by Gasteiger charge is 2.21. The molecule has 1 aromatic heterocycles. The van der Waals surface area contributed by atoms with Gasteiger partial charge >= 0.3 is 5.69 Å². The SMILES string of the molecule is CCCOc1cc(OCCCOC)cc(Oc2cc3c(cc2NS(=O)(=O)c2cccc(CC)c2)n(C)c(=O)n3C)c1. The predicted molar refractivity (Wildman–Crippen MR) is 159 cm³/mol. The lowest BCUT2D eigenvalue weighted by Gasteiger charge is -2.17. The molecule has 0 bridgehead atoms. The number of hydrogen-bond donors (Lipinski definition) is 1. The number of rotatable bonds is 14. The van der Waals surface area contributed by atoms with Gasteiger partial charge in [-0.15, -0.1) is 0 Å². The van der Waals surface area contributed by atoms with E-state index in [0.29, 0.717) is 60.9 Å². The first-order valence-corrected chi connectivity index (χ1v) is 15.0. The van der Waals surface area contributed by atoms with Crippen molar-refractivity contribution in [3.05, 3.63) is 70.6 Å². The molecule has 0 spiro atoms. The van der Waals surface area contributed by atoms with E-state index in [9.17, 15) is 13.2 Å². The first-order chi connectivity index (χ1) is 19.7. The van der Waals surface area contributed by atoms with Crippen molar-refractivity contribution < 1.29 is 27.4 Å². The Morgan fingerprint density at radius 1 is 0.829 bits per heavy atom. The molecule has 0 amide bonds. The fourth-order valence-corrected chi connectivity index (χ4v) is 5.47. The summed E-state index contributed by atoms with van der Waals surface area (Å²) in [7, 11) is 0.946. The lowest BCUT2D eigenvalue weighted by atomic mass is 10.2. The van der Waals surface area contributed by atoms with Crippen molar-refractivity contribution in [3.8, 4) is 23.0 Å². The molecule has 1 N–H and O–H groups in total. The first kappa shape index (κ1) is 30.0. The molecule has 0 unspecified atom stereocenters. The van der Waals surface area contributed by atoms with Gasteiger partial charge in [-0.1, -0.05) is 26.0 Å². The number of methoxy groups -OCH3 is 1. The molecular formula is C30H37N3O7S. The maximum Gasteiger partial charge on any atom is 0.328 e. The second-order valence-electron chi connectivity index (χ2n) is 9.63. The molecule has 0 fully saturated rings. The number of aromatic nitrogens is 2. The Balaban J connectivity index is 1.78. The van der Waals surface area contributed by atoms with Crippen molar-refractivity contribution in [2.24, 2.45) is 14.1 Å². The Morgan fingerprint density at radius 3 is 2.15 bits per heavy atom. The van der Waals surface area contributed by atoms with Gasteiger partial charge in [-0.3, -0.25) is 13.9 Å². The van der Waals surface area contributed by atoms with E-state index in [1.54, 1.807) is 69.7 Å². The molecule has 10 nitrogen and oxygen atoms in total. The molecule has 3 aromatic carbocycles. The fourth-order valence-electron chi connectivity index (χ4n) is 4.34. The number of imidazole rings is 1. The van der Waals surface area contributed by atoms with E-state index in [-0.39, 0.29) is 22.0 Å². The van der Waals surface area contributed by atoms with Gasteiger partial charge in [0.25, 0.3) is 10.0 Å². The largest absolute Gasteiger partial charge is 0.493 e. The molecule has 4 aromatic rings. The standard InChI is InChI=1S/C30H37N3O7S/c1-6-12-38-22-16-23(39-14-9-13-37-5)18-24(17-22)40-29-20-28-27(32(3)30(34)33(28)4)19-26(29)31-41(35,36)25-11-8-10-21(7-2)15-25/h8,10-11,15-20,31H,6-7,9,12-14H2,1-5H3. The second-order valence-corrected chi connectivity index (χ2v) is 11.3. The number of nitrogens with zero attached hydrogens (tertiary/aromatic N) is 2. The summed E-state index contributed by atoms with van der Waals surface area (Å²) in [5.41, 5.74) is 1.96. The number of aryl methyl sites for hydroxylation is 3. The van der Waals surface area contributed by atoms with Crippen LogP contribution in [0.2, 0.25) is 0 Å². The summed E-state index contributed by atoms with van der Waals surface area (Å²) in [5, 5.41) is 0. The van der Waals surface area contributed by atoms with Crippen molar-refractivity contribution in [2.45, 2.75) is 38.0 Å². The Hall–Kier alpha value is -3.96. The smallest absolute Gasteiger partial charge is 0.328 e. The van der Waals surface area contributed by atoms with Crippen LogP contribution in [0.4, 0.5) is 5.69 Å². The molecule has 4 rings (SSSR count). The average Bonchev–Trinajstić information content (AvgIpc) is 3.17. The number of fused-ring (bicyclic) bond motifs is 1. The van der Waals surface area contributed by atoms with Crippen LogP contribution in [0.15, 0.2) is 64.3 Å². The van der Waals surface area contributed by atoms with Crippen molar-refractivity contribution >= 4 is 26.7 Å². The molecule has 0 radical (unpaired) electrons. The minimum atomic E-state index is -3.98. The third-order valence-corrected chi connectivity index (χ3v) is 7.91. The van der Waals surface area contributed by atoms with Gasteiger partial charge < -0.3 is 18.9 Å². The van der Waals surface area contributed by atoms with Crippen LogP contribution in [-0.2, 0) is 35.3 Å². The maximum atomic E-state index is 13.5. The lowest BCUT2D eigenvalue weighted by molar-refractivity contribution is 0.172. The molecule has 0 saturated heterocycles. The Labute approximate surface area is 240 Å². The Kier molecular flexibility index (Phi) is 9.61. The van der Waals surface area contributed by atoms with Gasteiger partial charge in [-0.25, -0.2) is 13.2 Å². The number of anilines is 1. The summed E-state index contributed by atoms with van der Waals surface area (Å²) < 4.78 is 55.7. The van der Waals surface area contributed by atoms with Gasteiger partial charge in [-0.05, 0) is 36.6 Å². The van der Waals surface area contributed by atoms with E-state index in [0.717, 1.165) is 12.0 Å². The Bertz CT molecular complexity index is 1680. The highest BCUT2D eigenvalue weighted by atomic mass is 32.2. The molecule has 1 heterocycles.